The molecule has 3 atom stereocenters. The number of ether oxygens (including phenoxy) is 1. The Kier molecular flexibility index (Phi) is 5.88. The Labute approximate surface area is 193 Å². The number of carbonyl (C=O) groups is 3. The lowest BCUT2D eigenvalue weighted by molar-refractivity contribution is -0.144. The summed E-state index contributed by atoms with van der Waals surface area (Å²) < 4.78 is 18.9. The molecule has 33 heavy (non-hydrogen) atoms. The topological polar surface area (TPSA) is 73.4 Å². The van der Waals surface area contributed by atoms with E-state index in [1.165, 1.54) is 19.2 Å². The highest BCUT2D eigenvalue weighted by Crippen LogP contribution is 2.38. The minimum atomic E-state index is -0.564. The number of hydrogen-bond acceptors (Lipinski definition) is 4. The monoisotopic (exact) mass is 458 g/mol. The Morgan fingerprint density at radius 2 is 1.79 bits per heavy atom. The number of rotatable bonds is 2. The van der Waals surface area contributed by atoms with Crippen molar-refractivity contribution in [3.8, 4) is 5.75 Å². The highest BCUT2D eigenvalue weighted by atomic mass is 19.1. The number of methoxy groups -OCH3 is 1. The van der Waals surface area contributed by atoms with E-state index in [2.05, 4.69) is 4.90 Å². The number of likely N-dealkylation sites (tertiary alicyclic amines) is 1. The third-order valence-electron chi connectivity index (χ3n) is 7.69. The van der Waals surface area contributed by atoms with Crippen LogP contribution in [-0.2, 0) is 4.79 Å². The van der Waals surface area contributed by atoms with Gasteiger partial charge in [0.1, 0.15) is 0 Å². The van der Waals surface area contributed by atoms with Gasteiger partial charge in [-0.05, 0) is 49.3 Å². The number of fused-ring (bicyclic) bond motifs is 4. The van der Waals surface area contributed by atoms with Crippen molar-refractivity contribution < 1.29 is 23.5 Å². The van der Waals surface area contributed by atoms with Gasteiger partial charge in [-0.2, -0.15) is 0 Å². The smallest absolute Gasteiger partial charge is 0.320 e. The van der Waals surface area contributed by atoms with Crippen LogP contribution < -0.4 is 4.74 Å². The van der Waals surface area contributed by atoms with Crippen LogP contribution in [0.15, 0.2) is 18.2 Å². The SMILES string of the molecule is COc1ccc(C(=O)N2CCN(C(=O)N3CC4CC(C3)[C@H]3CCCC(=O)N3C4)CC2)cc1F. The van der Waals surface area contributed by atoms with Crippen molar-refractivity contribution in [1.29, 1.82) is 0 Å². The summed E-state index contributed by atoms with van der Waals surface area (Å²) in [5.41, 5.74) is 0.281. The van der Waals surface area contributed by atoms with Crippen LogP contribution in [0.4, 0.5) is 9.18 Å². The average Bonchev–Trinajstić information content (AvgIpc) is 2.84. The number of nitrogens with zero attached hydrogens (tertiary/aromatic N) is 4. The standard InChI is InChI=1S/C24H31FN4O4/c1-33-21-6-5-17(12-19(21)25)23(31)26-7-9-27(10-8-26)24(32)28-13-16-11-18(15-28)20-3-2-4-22(30)29(20)14-16/h5-6,12,16,18,20H,2-4,7-11,13-15H2,1H3/t16?,18?,20-/m1/s1. The van der Waals surface area contributed by atoms with Gasteiger partial charge in [-0.3, -0.25) is 9.59 Å². The summed E-state index contributed by atoms with van der Waals surface area (Å²) in [5, 5.41) is 0. The van der Waals surface area contributed by atoms with Crippen LogP contribution in [0.5, 0.6) is 5.75 Å². The molecule has 5 rings (SSSR count). The number of piperidine rings is 3. The molecular weight excluding hydrogens is 427 g/mol. The number of halogens is 1. The summed E-state index contributed by atoms with van der Waals surface area (Å²) in [7, 11) is 1.39. The van der Waals surface area contributed by atoms with Crippen molar-refractivity contribution in [2.75, 3.05) is 52.9 Å². The minimum Gasteiger partial charge on any atom is -0.494 e. The Balaban J connectivity index is 1.18. The van der Waals surface area contributed by atoms with Crippen molar-refractivity contribution >= 4 is 17.8 Å². The van der Waals surface area contributed by atoms with Crippen molar-refractivity contribution in [1.82, 2.24) is 19.6 Å². The summed E-state index contributed by atoms with van der Waals surface area (Å²) in [6.07, 6.45) is 3.74. The summed E-state index contributed by atoms with van der Waals surface area (Å²) in [5.74, 6) is 0.286. The molecule has 2 unspecified atom stereocenters. The van der Waals surface area contributed by atoms with Crippen LogP contribution in [0.25, 0.3) is 0 Å². The number of carbonyl (C=O) groups excluding carboxylic acids is 3. The first-order chi connectivity index (χ1) is 15.9. The van der Waals surface area contributed by atoms with Crippen LogP contribution in [-0.4, -0.2) is 96.4 Å². The van der Waals surface area contributed by atoms with Gasteiger partial charge in [0, 0.05) is 63.8 Å². The van der Waals surface area contributed by atoms with Gasteiger partial charge >= 0.3 is 6.03 Å². The maximum absolute atomic E-state index is 14.0. The van der Waals surface area contributed by atoms with Gasteiger partial charge in [0.2, 0.25) is 5.91 Å². The van der Waals surface area contributed by atoms with E-state index in [4.69, 9.17) is 4.74 Å². The summed E-state index contributed by atoms with van der Waals surface area (Å²) in [6, 6.07) is 4.52. The lowest BCUT2D eigenvalue weighted by Crippen LogP contribution is -2.63. The van der Waals surface area contributed by atoms with Crippen molar-refractivity contribution in [2.45, 2.75) is 31.7 Å². The molecule has 0 saturated carbocycles. The second-order valence-electron chi connectivity index (χ2n) is 9.68. The fourth-order valence-corrected chi connectivity index (χ4v) is 6.05. The summed E-state index contributed by atoms with van der Waals surface area (Å²) >= 11 is 0. The van der Waals surface area contributed by atoms with Crippen LogP contribution in [0.2, 0.25) is 0 Å². The molecule has 4 aliphatic heterocycles. The molecule has 0 aromatic heterocycles. The molecule has 0 radical (unpaired) electrons. The molecular formula is C24H31FN4O4. The zero-order valence-corrected chi connectivity index (χ0v) is 19.0. The molecule has 2 bridgehead atoms. The zero-order valence-electron chi connectivity index (χ0n) is 19.0. The van der Waals surface area contributed by atoms with E-state index in [-0.39, 0.29) is 35.2 Å². The fourth-order valence-electron chi connectivity index (χ4n) is 6.05. The lowest BCUT2D eigenvalue weighted by Gasteiger charge is -2.53. The molecule has 4 aliphatic rings. The second-order valence-corrected chi connectivity index (χ2v) is 9.68. The number of piperazine rings is 1. The van der Waals surface area contributed by atoms with Gasteiger partial charge in [0.25, 0.3) is 5.91 Å². The van der Waals surface area contributed by atoms with Gasteiger partial charge in [-0.25, -0.2) is 9.18 Å². The van der Waals surface area contributed by atoms with E-state index >= 15 is 0 Å². The molecule has 4 heterocycles. The van der Waals surface area contributed by atoms with E-state index in [9.17, 15) is 18.8 Å². The number of benzene rings is 1. The van der Waals surface area contributed by atoms with Crippen LogP contribution >= 0.6 is 0 Å². The quantitative estimate of drug-likeness (QED) is 0.680. The Morgan fingerprint density at radius 1 is 1.03 bits per heavy atom. The molecule has 1 aromatic rings. The van der Waals surface area contributed by atoms with Gasteiger partial charge in [0.15, 0.2) is 11.6 Å². The number of hydrogen-bond donors (Lipinski definition) is 0. The predicted molar refractivity (Wildman–Crippen MR) is 118 cm³/mol. The largest absolute Gasteiger partial charge is 0.494 e. The zero-order chi connectivity index (χ0) is 23.1. The Hall–Kier alpha value is -2.84. The van der Waals surface area contributed by atoms with Crippen molar-refractivity contribution in [3.63, 3.8) is 0 Å². The number of amides is 4. The van der Waals surface area contributed by atoms with E-state index in [1.807, 2.05) is 9.80 Å². The molecule has 178 valence electrons. The first-order valence-corrected chi connectivity index (χ1v) is 11.9. The minimum absolute atomic E-state index is 0.0304. The molecule has 4 amide bonds. The molecule has 4 saturated heterocycles. The first kappa shape index (κ1) is 22.0. The van der Waals surface area contributed by atoms with Crippen molar-refractivity contribution in [3.05, 3.63) is 29.6 Å². The Morgan fingerprint density at radius 3 is 2.52 bits per heavy atom. The summed E-state index contributed by atoms with van der Waals surface area (Å²) in [4.78, 5) is 45.9. The van der Waals surface area contributed by atoms with E-state index in [0.29, 0.717) is 57.5 Å². The van der Waals surface area contributed by atoms with E-state index in [0.717, 1.165) is 25.8 Å². The maximum atomic E-state index is 14.0. The molecule has 8 nitrogen and oxygen atoms in total. The van der Waals surface area contributed by atoms with Crippen LogP contribution in [0, 0.1) is 17.7 Å². The molecule has 9 heteroatoms. The normalized spacial score (nSPS) is 27.3. The van der Waals surface area contributed by atoms with E-state index in [1.54, 1.807) is 11.0 Å². The van der Waals surface area contributed by atoms with Gasteiger partial charge in [-0.15, -0.1) is 0 Å². The predicted octanol–water partition coefficient (Wildman–Crippen LogP) is 2.04. The van der Waals surface area contributed by atoms with Gasteiger partial charge in [0.05, 0.1) is 7.11 Å². The van der Waals surface area contributed by atoms with Crippen LogP contribution in [0.1, 0.15) is 36.0 Å². The third kappa shape index (κ3) is 4.13. The highest BCUT2D eigenvalue weighted by molar-refractivity contribution is 5.94. The average molecular weight is 459 g/mol. The van der Waals surface area contributed by atoms with Crippen LogP contribution in [0.3, 0.4) is 0 Å². The molecule has 1 aromatic carbocycles. The molecule has 4 fully saturated rings. The van der Waals surface area contributed by atoms with E-state index < -0.39 is 5.82 Å². The third-order valence-corrected chi connectivity index (χ3v) is 7.69. The molecule has 0 N–H and O–H groups in total. The van der Waals surface area contributed by atoms with Crippen molar-refractivity contribution in [2.24, 2.45) is 11.8 Å². The maximum Gasteiger partial charge on any atom is 0.320 e. The lowest BCUT2D eigenvalue weighted by atomic mass is 9.76. The van der Waals surface area contributed by atoms with Gasteiger partial charge in [-0.1, -0.05) is 0 Å². The molecule has 0 spiro atoms. The Bertz CT molecular complexity index is 948. The summed E-state index contributed by atoms with van der Waals surface area (Å²) in [6.45, 7) is 3.93. The van der Waals surface area contributed by atoms with Gasteiger partial charge < -0.3 is 24.3 Å². The molecule has 0 aliphatic carbocycles. The first-order valence-electron chi connectivity index (χ1n) is 11.9. The number of urea groups is 1. The fraction of sp³-hybridized carbons (Fsp3) is 0.625. The second kappa shape index (κ2) is 8.83. The highest BCUT2D eigenvalue weighted by Gasteiger charge is 2.45.